The Labute approximate surface area is 141 Å². The second-order valence-electron chi connectivity index (χ2n) is 4.98. The number of benzene rings is 2. The van der Waals surface area contributed by atoms with Crippen molar-refractivity contribution in [1.82, 2.24) is 9.78 Å². The molecule has 0 aliphatic carbocycles. The molecule has 1 aromatic heterocycles. The maximum absolute atomic E-state index is 12.5. The third-order valence-corrected chi connectivity index (χ3v) is 3.37. The van der Waals surface area contributed by atoms with Crippen LogP contribution in [0.2, 0.25) is 0 Å². The van der Waals surface area contributed by atoms with E-state index in [1.165, 1.54) is 28.9 Å². The van der Waals surface area contributed by atoms with Crippen molar-refractivity contribution in [2.24, 2.45) is 10.2 Å². The van der Waals surface area contributed by atoms with Crippen LogP contribution in [0.1, 0.15) is 16.1 Å². The summed E-state index contributed by atoms with van der Waals surface area (Å²) in [6.07, 6.45) is 0. The standard InChI is InChI=1S/C17H11N5O3/c18-10-14-15(16(23)22(21-14)13-4-2-1-3-5-13)20-19-12-8-6-11(7-9-12)17(24)25/h1-9,21H,(H,24,25). The van der Waals surface area contributed by atoms with Gasteiger partial charge in [0.05, 0.1) is 16.9 Å². The molecule has 0 fully saturated rings. The van der Waals surface area contributed by atoms with Crippen LogP contribution in [0.4, 0.5) is 11.4 Å². The van der Waals surface area contributed by atoms with Crippen LogP contribution < -0.4 is 5.56 Å². The number of nitriles is 1. The number of carboxylic acids is 1. The Morgan fingerprint density at radius 3 is 2.36 bits per heavy atom. The van der Waals surface area contributed by atoms with Gasteiger partial charge in [-0.05, 0) is 36.4 Å². The van der Waals surface area contributed by atoms with Crippen LogP contribution in [0.3, 0.4) is 0 Å². The van der Waals surface area contributed by atoms with E-state index in [0.29, 0.717) is 11.4 Å². The number of para-hydroxylation sites is 1. The number of carbonyl (C=O) groups is 1. The Morgan fingerprint density at radius 2 is 1.76 bits per heavy atom. The molecule has 2 N–H and O–H groups in total. The lowest BCUT2D eigenvalue weighted by atomic mass is 10.2. The molecule has 0 spiro atoms. The molecule has 3 rings (SSSR count). The zero-order valence-electron chi connectivity index (χ0n) is 12.7. The average molecular weight is 333 g/mol. The summed E-state index contributed by atoms with van der Waals surface area (Å²) in [6.45, 7) is 0. The minimum atomic E-state index is -1.05. The van der Waals surface area contributed by atoms with Crippen LogP contribution in [0.5, 0.6) is 0 Å². The molecule has 8 heteroatoms. The highest BCUT2D eigenvalue weighted by Gasteiger charge is 2.14. The molecule has 0 saturated heterocycles. The molecule has 2 aromatic carbocycles. The number of hydrogen-bond acceptors (Lipinski definition) is 5. The van der Waals surface area contributed by atoms with Crippen LogP contribution in [-0.4, -0.2) is 20.9 Å². The molecule has 1 heterocycles. The van der Waals surface area contributed by atoms with E-state index in [1.807, 2.05) is 12.1 Å². The Balaban J connectivity index is 1.97. The first kappa shape index (κ1) is 15.9. The second kappa shape index (κ2) is 6.64. The van der Waals surface area contributed by atoms with Crippen LogP contribution in [0, 0.1) is 11.3 Å². The summed E-state index contributed by atoms with van der Waals surface area (Å²) < 4.78 is 1.21. The van der Waals surface area contributed by atoms with Gasteiger partial charge in [-0.1, -0.05) is 18.2 Å². The molecule has 0 amide bonds. The predicted molar refractivity (Wildman–Crippen MR) is 88.7 cm³/mol. The SMILES string of the molecule is N#Cc1[nH]n(-c2ccccc2)c(=O)c1N=Nc1ccc(C(=O)O)cc1. The highest BCUT2D eigenvalue weighted by Crippen LogP contribution is 2.19. The van der Waals surface area contributed by atoms with E-state index in [2.05, 4.69) is 15.3 Å². The molecule has 0 atom stereocenters. The normalized spacial score (nSPS) is 10.7. The van der Waals surface area contributed by atoms with Crippen LogP contribution in [0.25, 0.3) is 5.69 Å². The van der Waals surface area contributed by atoms with Crippen LogP contribution in [-0.2, 0) is 0 Å². The van der Waals surface area contributed by atoms with Crippen molar-refractivity contribution in [3.05, 3.63) is 76.2 Å². The zero-order valence-corrected chi connectivity index (χ0v) is 12.7. The van der Waals surface area contributed by atoms with E-state index in [9.17, 15) is 14.9 Å². The van der Waals surface area contributed by atoms with Crippen LogP contribution >= 0.6 is 0 Å². The molecule has 0 saturated carbocycles. The summed E-state index contributed by atoms with van der Waals surface area (Å²) in [7, 11) is 0. The number of aromatic carboxylic acids is 1. The molecule has 25 heavy (non-hydrogen) atoms. The third kappa shape index (κ3) is 3.20. The van der Waals surface area contributed by atoms with Gasteiger partial charge in [0.1, 0.15) is 6.07 Å². The Morgan fingerprint density at radius 1 is 1.08 bits per heavy atom. The molecule has 0 aliphatic heterocycles. The maximum atomic E-state index is 12.5. The molecular formula is C17H11N5O3. The van der Waals surface area contributed by atoms with E-state index in [-0.39, 0.29) is 16.9 Å². The minimum Gasteiger partial charge on any atom is -0.478 e. The molecule has 0 unspecified atom stereocenters. The van der Waals surface area contributed by atoms with Crippen molar-refractivity contribution in [3.63, 3.8) is 0 Å². The van der Waals surface area contributed by atoms with Crippen molar-refractivity contribution in [2.75, 3.05) is 0 Å². The van der Waals surface area contributed by atoms with Crippen molar-refractivity contribution < 1.29 is 9.90 Å². The number of carboxylic acid groups (broad SMARTS) is 1. The first-order chi connectivity index (χ1) is 12.1. The lowest BCUT2D eigenvalue weighted by molar-refractivity contribution is 0.0697. The second-order valence-corrected chi connectivity index (χ2v) is 4.98. The highest BCUT2D eigenvalue weighted by molar-refractivity contribution is 5.87. The fourth-order valence-electron chi connectivity index (χ4n) is 2.14. The summed E-state index contributed by atoms with van der Waals surface area (Å²) >= 11 is 0. The Kier molecular flexibility index (Phi) is 4.22. The summed E-state index contributed by atoms with van der Waals surface area (Å²) in [6, 6.07) is 16.3. The zero-order chi connectivity index (χ0) is 17.8. The smallest absolute Gasteiger partial charge is 0.335 e. The summed E-state index contributed by atoms with van der Waals surface area (Å²) in [4.78, 5) is 23.3. The van der Waals surface area contributed by atoms with Gasteiger partial charge in [-0.2, -0.15) is 10.4 Å². The molecule has 8 nitrogen and oxygen atoms in total. The Bertz CT molecular complexity index is 1040. The van der Waals surface area contributed by atoms with Crippen LogP contribution in [0.15, 0.2) is 69.6 Å². The molecule has 122 valence electrons. The van der Waals surface area contributed by atoms with Gasteiger partial charge in [-0.15, -0.1) is 5.11 Å². The van der Waals surface area contributed by atoms with Gasteiger partial charge in [0.25, 0.3) is 5.56 Å². The first-order valence-electron chi connectivity index (χ1n) is 7.16. The van der Waals surface area contributed by atoms with E-state index in [1.54, 1.807) is 24.3 Å². The van der Waals surface area contributed by atoms with Crippen molar-refractivity contribution in [1.29, 1.82) is 5.26 Å². The number of nitrogens with one attached hydrogen (secondary N) is 1. The molecular weight excluding hydrogens is 322 g/mol. The molecule has 3 aromatic rings. The van der Waals surface area contributed by atoms with Crippen molar-refractivity contribution >= 4 is 17.3 Å². The average Bonchev–Trinajstić information content (AvgIpc) is 2.96. The largest absolute Gasteiger partial charge is 0.478 e. The van der Waals surface area contributed by atoms with Gasteiger partial charge in [0.2, 0.25) is 0 Å². The topological polar surface area (TPSA) is 124 Å². The number of hydrogen-bond donors (Lipinski definition) is 2. The van der Waals surface area contributed by atoms with Gasteiger partial charge < -0.3 is 5.11 Å². The van der Waals surface area contributed by atoms with E-state index < -0.39 is 11.5 Å². The van der Waals surface area contributed by atoms with Gasteiger partial charge >= 0.3 is 5.97 Å². The van der Waals surface area contributed by atoms with Crippen molar-refractivity contribution in [3.8, 4) is 11.8 Å². The van der Waals surface area contributed by atoms with Gasteiger partial charge in [-0.3, -0.25) is 9.89 Å². The predicted octanol–water partition coefficient (Wildman–Crippen LogP) is 3.15. The van der Waals surface area contributed by atoms with E-state index >= 15 is 0 Å². The fraction of sp³-hybridized carbons (Fsp3) is 0. The lowest BCUT2D eigenvalue weighted by Crippen LogP contribution is -2.13. The minimum absolute atomic E-state index is 0.0141. The monoisotopic (exact) mass is 333 g/mol. The maximum Gasteiger partial charge on any atom is 0.335 e. The quantitative estimate of drug-likeness (QED) is 0.712. The number of rotatable bonds is 4. The number of aromatic amines is 1. The number of azo groups is 1. The van der Waals surface area contributed by atoms with Gasteiger partial charge in [0.15, 0.2) is 11.4 Å². The fourth-order valence-corrected chi connectivity index (χ4v) is 2.14. The highest BCUT2D eigenvalue weighted by atomic mass is 16.4. The van der Waals surface area contributed by atoms with Gasteiger partial charge in [-0.25, -0.2) is 9.48 Å². The molecule has 0 bridgehead atoms. The van der Waals surface area contributed by atoms with E-state index in [0.717, 1.165) is 0 Å². The van der Waals surface area contributed by atoms with Gasteiger partial charge in [0, 0.05) is 0 Å². The Hall–Kier alpha value is -3.99. The van der Waals surface area contributed by atoms with Crippen molar-refractivity contribution in [2.45, 2.75) is 0 Å². The van der Waals surface area contributed by atoms with E-state index in [4.69, 9.17) is 5.11 Å². The first-order valence-corrected chi connectivity index (χ1v) is 7.16. The third-order valence-electron chi connectivity index (χ3n) is 3.37. The number of nitrogens with zero attached hydrogens (tertiary/aromatic N) is 4. The summed E-state index contributed by atoms with van der Waals surface area (Å²) in [5.41, 5.74) is 0.406. The summed E-state index contributed by atoms with van der Waals surface area (Å²) in [5, 5.41) is 28.5. The lowest BCUT2D eigenvalue weighted by Gasteiger charge is -1.98. The number of H-pyrrole nitrogens is 1. The molecule has 0 aliphatic rings. The summed E-state index contributed by atoms with van der Waals surface area (Å²) in [5.74, 6) is -1.05. The molecule has 0 radical (unpaired) electrons. The number of aromatic nitrogens is 2.